The van der Waals surface area contributed by atoms with Crippen LogP contribution in [0.5, 0.6) is 0 Å². The van der Waals surface area contributed by atoms with Gasteiger partial charge in [0, 0.05) is 18.0 Å². The lowest BCUT2D eigenvalue weighted by Gasteiger charge is -2.25. The Balaban J connectivity index is 1.98. The maximum Gasteiger partial charge on any atom is 0.159 e. The SMILES string of the molecule is Cc1cc(C2CCNCC2)c(C)cc1-c1ncccn1. The smallest absolute Gasteiger partial charge is 0.159 e. The quantitative estimate of drug-likeness (QED) is 0.907. The third-order valence-electron chi connectivity index (χ3n) is 4.20. The molecule has 1 aromatic heterocycles. The van der Waals surface area contributed by atoms with Crippen molar-refractivity contribution in [3.8, 4) is 11.4 Å². The van der Waals surface area contributed by atoms with Gasteiger partial charge < -0.3 is 5.32 Å². The second-order valence-corrected chi connectivity index (χ2v) is 5.62. The number of hydrogen-bond donors (Lipinski definition) is 1. The van der Waals surface area contributed by atoms with Crippen LogP contribution in [0, 0.1) is 13.8 Å². The summed E-state index contributed by atoms with van der Waals surface area (Å²) in [6, 6.07) is 6.45. The molecule has 2 heterocycles. The molecule has 1 aliphatic rings. The summed E-state index contributed by atoms with van der Waals surface area (Å²) in [4.78, 5) is 8.74. The Morgan fingerprint density at radius 1 is 1.00 bits per heavy atom. The molecule has 104 valence electrons. The van der Waals surface area contributed by atoms with Crippen molar-refractivity contribution in [2.24, 2.45) is 0 Å². The van der Waals surface area contributed by atoms with Gasteiger partial charge in [0.05, 0.1) is 0 Å². The van der Waals surface area contributed by atoms with E-state index in [1.807, 2.05) is 6.07 Å². The standard InChI is InChI=1S/C17H21N3/c1-12-11-16(17-19-6-3-7-20-17)13(2)10-15(12)14-4-8-18-9-5-14/h3,6-7,10-11,14,18H,4-5,8-9H2,1-2H3. The monoisotopic (exact) mass is 267 g/mol. The highest BCUT2D eigenvalue weighted by Gasteiger charge is 2.18. The Morgan fingerprint density at radius 2 is 1.70 bits per heavy atom. The predicted molar refractivity (Wildman–Crippen MR) is 81.8 cm³/mol. The van der Waals surface area contributed by atoms with Crippen LogP contribution in [0.3, 0.4) is 0 Å². The molecule has 3 heteroatoms. The number of aromatic nitrogens is 2. The summed E-state index contributed by atoms with van der Waals surface area (Å²) in [5.41, 5.74) is 5.30. The molecule has 0 spiro atoms. The molecule has 20 heavy (non-hydrogen) atoms. The maximum absolute atomic E-state index is 4.37. The zero-order valence-electron chi connectivity index (χ0n) is 12.2. The minimum absolute atomic E-state index is 0.695. The Bertz CT molecular complexity index is 587. The van der Waals surface area contributed by atoms with Crippen LogP contribution in [-0.4, -0.2) is 23.1 Å². The average Bonchev–Trinajstić information content (AvgIpc) is 2.51. The highest BCUT2D eigenvalue weighted by molar-refractivity contribution is 5.62. The number of benzene rings is 1. The summed E-state index contributed by atoms with van der Waals surface area (Å²) in [5, 5.41) is 3.44. The number of piperidine rings is 1. The Kier molecular flexibility index (Phi) is 3.79. The predicted octanol–water partition coefficient (Wildman–Crippen LogP) is 3.23. The van der Waals surface area contributed by atoms with Crippen molar-refractivity contribution in [2.45, 2.75) is 32.6 Å². The maximum atomic E-state index is 4.37. The van der Waals surface area contributed by atoms with E-state index < -0.39 is 0 Å². The molecule has 3 rings (SSSR count). The number of rotatable bonds is 2. The number of hydrogen-bond acceptors (Lipinski definition) is 3. The molecule has 1 fully saturated rings. The lowest BCUT2D eigenvalue weighted by atomic mass is 9.85. The van der Waals surface area contributed by atoms with Crippen molar-refractivity contribution in [2.75, 3.05) is 13.1 Å². The fourth-order valence-electron chi connectivity index (χ4n) is 3.09. The summed E-state index contributed by atoms with van der Waals surface area (Å²) in [7, 11) is 0. The van der Waals surface area contributed by atoms with Gasteiger partial charge >= 0.3 is 0 Å². The van der Waals surface area contributed by atoms with Gasteiger partial charge in [-0.25, -0.2) is 9.97 Å². The first-order chi connectivity index (χ1) is 9.75. The van der Waals surface area contributed by atoms with E-state index >= 15 is 0 Å². The molecule has 0 aliphatic carbocycles. The van der Waals surface area contributed by atoms with Crippen molar-refractivity contribution in [1.29, 1.82) is 0 Å². The van der Waals surface area contributed by atoms with Crippen molar-refractivity contribution in [3.05, 3.63) is 47.3 Å². The van der Waals surface area contributed by atoms with Gasteiger partial charge in [0.1, 0.15) is 0 Å². The summed E-state index contributed by atoms with van der Waals surface area (Å²) in [6.45, 7) is 6.64. The van der Waals surface area contributed by atoms with E-state index in [1.54, 1.807) is 12.4 Å². The minimum atomic E-state index is 0.695. The highest BCUT2D eigenvalue weighted by atomic mass is 14.9. The molecule has 1 aromatic carbocycles. The van der Waals surface area contributed by atoms with Crippen molar-refractivity contribution in [3.63, 3.8) is 0 Å². The van der Waals surface area contributed by atoms with E-state index in [2.05, 4.69) is 41.3 Å². The molecule has 2 aromatic rings. The van der Waals surface area contributed by atoms with Gasteiger partial charge in [-0.1, -0.05) is 6.07 Å². The second-order valence-electron chi connectivity index (χ2n) is 5.62. The topological polar surface area (TPSA) is 37.8 Å². The number of aryl methyl sites for hydroxylation is 2. The van der Waals surface area contributed by atoms with Gasteiger partial charge in [0.25, 0.3) is 0 Å². The van der Waals surface area contributed by atoms with Crippen LogP contribution in [0.25, 0.3) is 11.4 Å². The molecule has 0 bridgehead atoms. The largest absolute Gasteiger partial charge is 0.317 e. The first-order valence-electron chi connectivity index (χ1n) is 7.35. The van der Waals surface area contributed by atoms with Crippen LogP contribution in [0.2, 0.25) is 0 Å². The van der Waals surface area contributed by atoms with Crippen LogP contribution in [0.1, 0.15) is 35.4 Å². The molecule has 1 saturated heterocycles. The van der Waals surface area contributed by atoms with E-state index in [4.69, 9.17) is 0 Å². The zero-order valence-corrected chi connectivity index (χ0v) is 12.2. The van der Waals surface area contributed by atoms with Crippen LogP contribution in [0.15, 0.2) is 30.6 Å². The first-order valence-corrected chi connectivity index (χ1v) is 7.35. The lowest BCUT2D eigenvalue weighted by molar-refractivity contribution is 0.459. The van der Waals surface area contributed by atoms with Gasteiger partial charge in [-0.2, -0.15) is 0 Å². The van der Waals surface area contributed by atoms with E-state index in [0.29, 0.717) is 5.92 Å². The summed E-state index contributed by atoms with van der Waals surface area (Å²) in [5.74, 6) is 1.52. The van der Waals surface area contributed by atoms with E-state index in [-0.39, 0.29) is 0 Å². The Morgan fingerprint density at radius 3 is 2.40 bits per heavy atom. The van der Waals surface area contributed by atoms with Crippen LogP contribution >= 0.6 is 0 Å². The normalized spacial score (nSPS) is 16.3. The van der Waals surface area contributed by atoms with Crippen molar-refractivity contribution in [1.82, 2.24) is 15.3 Å². The molecule has 0 radical (unpaired) electrons. The average molecular weight is 267 g/mol. The fraction of sp³-hybridized carbons (Fsp3) is 0.412. The summed E-state index contributed by atoms with van der Waals surface area (Å²) in [6.07, 6.45) is 6.08. The second kappa shape index (κ2) is 5.71. The van der Waals surface area contributed by atoms with E-state index in [0.717, 1.165) is 24.5 Å². The summed E-state index contributed by atoms with van der Waals surface area (Å²) >= 11 is 0. The van der Waals surface area contributed by atoms with Gasteiger partial charge in [-0.05, 0) is 74.5 Å². The van der Waals surface area contributed by atoms with E-state index in [9.17, 15) is 0 Å². The van der Waals surface area contributed by atoms with Crippen LogP contribution < -0.4 is 5.32 Å². The molecule has 3 nitrogen and oxygen atoms in total. The summed E-state index contributed by atoms with van der Waals surface area (Å²) < 4.78 is 0. The molecule has 0 amide bonds. The van der Waals surface area contributed by atoms with Gasteiger partial charge in [0.2, 0.25) is 0 Å². The third-order valence-corrected chi connectivity index (χ3v) is 4.20. The molecule has 1 aliphatic heterocycles. The number of nitrogens with one attached hydrogen (secondary N) is 1. The van der Waals surface area contributed by atoms with Gasteiger partial charge in [0.15, 0.2) is 5.82 Å². The fourth-order valence-corrected chi connectivity index (χ4v) is 3.09. The van der Waals surface area contributed by atoms with Gasteiger partial charge in [-0.3, -0.25) is 0 Å². The Hall–Kier alpha value is -1.74. The van der Waals surface area contributed by atoms with Crippen molar-refractivity contribution < 1.29 is 0 Å². The molecular formula is C17H21N3. The third kappa shape index (κ3) is 2.59. The van der Waals surface area contributed by atoms with Crippen molar-refractivity contribution >= 4 is 0 Å². The molecule has 0 saturated carbocycles. The van der Waals surface area contributed by atoms with Crippen LogP contribution in [0.4, 0.5) is 0 Å². The first kappa shape index (κ1) is 13.3. The van der Waals surface area contributed by atoms with Gasteiger partial charge in [-0.15, -0.1) is 0 Å². The van der Waals surface area contributed by atoms with E-state index in [1.165, 1.54) is 29.5 Å². The zero-order chi connectivity index (χ0) is 13.9. The molecular weight excluding hydrogens is 246 g/mol. The Labute approximate surface area is 120 Å². The molecule has 1 N–H and O–H groups in total. The lowest BCUT2D eigenvalue weighted by Crippen LogP contribution is -2.27. The molecule has 0 atom stereocenters. The molecule has 0 unspecified atom stereocenters. The van der Waals surface area contributed by atoms with Crippen LogP contribution in [-0.2, 0) is 0 Å². The minimum Gasteiger partial charge on any atom is -0.317 e. The highest BCUT2D eigenvalue weighted by Crippen LogP contribution is 2.32. The number of nitrogens with zero attached hydrogens (tertiary/aromatic N) is 2.